The zero-order valence-corrected chi connectivity index (χ0v) is 9.29. The Balaban J connectivity index is 2.56. The molecule has 1 atom stereocenters. The quantitative estimate of drug-likeness (QED) is 0.835. The molecule has 1 rings (SSSR count). The van der Waals surface area contributed by atoms with Gasteiger partial charge in [-0.05, 0) is 31.5 Å². The summed E-state index contributed by atoms with van der Waals surface area (Å²) >= 11 is 5.86. The highest BCUT2D eigenvalue weighted by Crippen LogP contribution is 2.16. The molecule has 78 valence electrons. The number of benzene rings is 1. The van der Waals surface area contributed by atoms with Gasteiger partial charge in [0.1, 0.15) is 0 Å². The summed E-state index contributed by atoms with van der Waals surface area (Å²) < 4.78 is 5.43. The van der Waals surface area contributed by atoms with E-state index in [2.05, 4.69) is 0 Å². The Bertz CT molecular complexity index is 288. The number of ether oxygens (including phenoxy) is 1. The van der Waals surface area contributed by atoms with Crippen molar-refractivity contribution < 1.29 is 4.74 Å². The normalized spacial score (nSPS) is 13.2. The molecule has 2 nitrogen and oxygen atoms in total. The molecule has 0 saturated carbocycles. The molecular weight excluding hydrogens is 198 g/mol. The van der Waals surface area contributed by atoms with Crippen LogP contribution >= 0.6 is 11.6 Å². The molecule has 3 heteroatoms. The molecule has 0 aromatic heterocycles. The van der Waals surface area contributed by atoms with Crippen molar-refractivity contribution in [2.24, 2.45) is 5.73 Å². The van der Waals surface area contributed by atoms with Gasteiger partial charge in [-0.1, -0.05) is 23.7 Å². The predicted octanol–water partition coefficient (Wildman–Crippen LogP) is 2.76. The van der Waals surface area contributed by atoms with Crippen LogP contribution in [0.3, 0.4) is 0 Å². The minimum atomic E-state index is -0.101. The van der Waals surface area contributed by atoms with Crippen LogP contribution in [0.1, 0.15) is 25.5 Å². The smallest absolute Gasteiger partial charge is 0.0662 e. The Labute approximate surface area is 90.0 Å². The molecule has 14 heavy (non-hydrogen) atoms. The van der Waals surface area contributed by atoms with Crippen molar-refractivity contribution in [1.82, 2.24) is 0 Å². The zero-order valence-electron chi connectivity index (χ0n) is 8.53. The van der Waals surface area contributed by atoms with E-state index < -0.39 is 0 Å². The molecule has 1 aromatic rings. The van der Waals surface area contributed by atoms with Crippen LogP contribution in [0.25, 0.3) is 0 Å². The summed E-state index contributed by atoms with van der Waals surface area (Å²) in [6.45, 7) is 4.51. The molecular formula is C11H16ClNO. The lowest BCUT2D eigenvalue weighted by molar-refractivity contribution is 0.0683. The van der Waals surface area contributed by atoms with Gasteiger partial charge >= 0.3 is 0 Å². The third kappa shape index (κ3) is 3.66. The van der Waals surface area contributed by atoms with Crippen molar-refractivity contribution >= 4 is 11.6 Å². The Morgan fingerprint density at radius 3 is 2.71 bits per heavy atom. The summed E-state index contributed by atoms with van der Waals surface area (Å²) in [4.78, 5) is 0. The average molecular weight is 214 g/mol. The maximum atomic E-state index is 5.93. The van der Waals surface area contributed by atoms with E-state index in [0.717, 1.165) is 5.56 Å². The summed E-state index contributed by atoms with van der Waals surface area (Å²) in [5, 5.41) is 0.711. The van der Waals surface area contributed by atoms with E-state index in [1.807, 2.05) is 38.1 Å². The summed E-state index contributed by atoms with van der Waals surface area (Å²) in [5.74, 6) is 0. The van der Waals surface area contributed by atoms with Gasteiger partial charge in [0.25, 0.3) is 0 Å². The van der Waals surface area contributed by atoms with Gasteiger partial charge in [0.2, 0.25) is 0 Å². The van der Waals surface area contributed by atoms with Gasteiger partial charge in [-0.2, -0.15) is 0 Å². The summed E-state index contributed by atoms with van der Waals surface area (Å²) in [6.07, 6.45) is 0.209. The zero-order chi connectivity index (χ0) is 10.6. The first-order valence-corrected chi connectivity index (χ1v) is 5.10. The van der Waals surface area contributed by atoms with Gasteiger partial charge < -0.3 is 10.5 Å². The van der Waals surface area contributed by atoms with Crippen LogP contribution in [-0.4, -0.2) is 12.7 Å². The first kappa shape index (κ1) is 11.5. The minimum absolute atomic E-state index is 0.101. The van der Waals surface area contributed by atoms with Crippen LogP contribution in [0.5, 0.6) is 0 Å². The van der Waals surface area contributed by atoms with Crippen LogP contribution in [0.15, 0.2) is 24.3 Å². The van der Waals surface area contributed by atoms with Crippen molar-refractivity contribution in [3.63, 3.8) is 0 Å². The lowest BCUT2D eigenvalue weighted by Gasteiger charge is -2.14. The van der Waals surface area contributed by atoms with E-state index in [1.165, 1.54) is 0 Å². The second kappa shape index (κ2) is 5.35. The van der Waals surface area contributed by atoms with E-state index in [0.29, 0.717) is 11.6 Å². The highest BCUT2D eigenvalue weighted by molar-refractivity contribution is 6.30. The number of halogens is 1. The molecule has 0 aliphatic rings. The Hall–Kier alpha value is -0.570. The molecule has 0 aliphatic heterocycles. The second-order valence-corrected chi connectivity index (χ2v) is 3.98. The predicted molar refractivity (Wildman–Crippen MR) is 59.5 cm³/mol. The highest BCUT2D eigenvalue weighted by Gasteiger charge is 2.07. The summed E-state index contributed by atoms with van der Waals surface area (Å²) in [5.41, 5.74) is 6.94. The summed E-state index contributed by atoms with van der Waals surface area (Å²) in [6, 6.07) is 7.46. The Morgan fingerprint density at radius 2 is 2.14 bits per heavy atom. The van der Waals surface area contributed by atoms with Crippen LogP contribution < -0.4 is 5.73 Å². The number of hydrogen-bond acceptors (Lipinski definition) is 2. The molecule has 0 heterocycles. The van der Waals surface area contributed by atoms with Crippen LogP contribution in [0.4, 0.5) is 0 Å². The fourth-order valence-corrected chi connectivity index (χ4v) is 1.33. The number of rotatable bonds is 4. The second-order valence-electron chi connectivity index (χ2n) is 3.54. The monoisotopic (exact) mass is 213 g/mol. The van der Waals surface area contributed by atoms with Crippen molar-refractivity contribution in [3.05, 3.63) is 34.9 Å². The molecule has 0 aliphatic carbocycles. The Morgan fingerprint density at radius 1 is 1.43 bits per heavy atom. The topological polar surface area (TPSA) is 35.2 Å². The third-order valence-corrected chi connectivity index (χ3v) is 2.12. The standard InChI is InChI=1S/C11H16ClNO/c1-8(2)14-7-11(13)9-4-3-5-10(12)6-9/h3-6,8,11H,7,13H2,1-2H3. The van der Waals surface area contributed by atoms with Crippen molar-refractivity contribution in [2.45, 2.75) is 26.0 Å². The largest absolute Gasteiger partial charge is 0.377 e. The van der Waals surface area contributed by atoms with Crippen LogP contribution in [-0.2, 0) is 4.74 Å². The molecule has 1 unspecified atom stereocenters. The molecule has 1 aromatic carbocycles. The summed E-state index contributed by atoms with van der Waals surface area (Å²) in [7, 11) is 0. The van der Waals surface area contributed by atoms with Gasteiger partial charge in [-0.25, -0.2) is 0 Å². The SMILES string of the molecule is CC(C)OCC(N)c1cccc(Cl)c1. The Kier molecular flexibility index (Phi) is 4.39. The first-order valence-electron chi connectivity index (χ1n) is 4.72. The molecule has 0 radical (unpaired) electrons. The molecule has 0 bridgehead atoms. The molecule has 2 N–H and O–H groups in total. The van der Waals surface area contributed by atoms with Crippen molar-refractivity contribution in [2.75, 3.05) is 6.61 Å². The molecule has 0 amide bonds. The van der Waals surface area contributed by atoms with Gasteiger partial charge in [0, 0.05) is 5.02 Å². The van der Waals surface area contributed by atoms with E-state index >= 15 is 0 Å². The van der Waals surface area contributed by atoms with Gasteiger partial charge in [-0.15, -0.1) is 0 Å². The van der Waals surface area contributed by atoms with E-state index in [9.17, 15) is 0 Å². The first-order chi connectivity index (χ1) is 6.59. The number of nitrogens with two attached hydrogens (primary N) is 1. The minimum Gasteiger partial charge on any atom is -0.377 e. The maximum absolute atomic E-state index is 5.93. The molecule has 0 fully saturated rings. The lowest BCUT2D eigenvalue weighted by Crippen LogP contribution is -2.19. The highest BCUT2D eigenvalue weighted by atomic mass is 35.5. The van der Waals surface area contributed by atoms with Gasteiger partial charge in [0.15, 0.2) is 0 Å². The van der Waals surface area contributed by atoms with E-state index in [-0.39, 0.29) is 12.1 Å². The third-order valence-electron chi connectivity index (χ3n) is 1.89. The van der Waals surface area contributed by atoms with E-state index in [1.54, 1.807) is 0 Å². The number of hydrogen-bond donors (Lipinski definition) is 1. The fraction of sp³-hybridized carbons (Fsp3) is 0.455. The molecule has 0 spiro atoms. The lowest BCUT2D eigenvalue weighted by atomic mass is 10.1. The average Bonchev–Trinajstić information content (AvgIpc) is 2.14. The molecule has 0 saturated heterocycles. The maximum Gasteiger partial charge on any atom is 0.0662 e. The fourth-order valence-electron chi connectivity index (χ4n) is 1.13. The van der Waals surface area contributed by atoms with Crippen molar-refractivity contribution in [1.29, 1.82) is 0 Å². The van der Waals surface area contributed by atoms with Gasteiger partial charge in [-0.3, -0.25) is 0 Å². The van der Waals surface area contributed by atoms with Crippen LogP contribution in [0.2, 0.25) is 5.02 Å². The van der Waals surface area contributed by atoms with E-state index in [4.69, 9.17) is 22.1 Å². The van der Waals surface area contributed by atoms with Gasteiger partial charge in [0.05, 0.1) is 18.8 Å². The van der Waals surface area contributed by atoms with Crippen molar-refractivity contribution in [3.8, 4) is 0 Å². The van der Waals surface area contributed by atoms with Crippen LogP contribution in [0, 0.1) is 0 Å².